The molecule has 0 aliphatic carbocycles. The van der Waals surface area contributed by atoms with Crippen molar-refractivity contribution in [1.82, 2.24) is 15.6 Å². The standard InChI is InChI=1S/C13H19N3OS/c17-13(16-9-11-7-14-8-11)4-6-18-10-12-3-1-2-5-15-12/h1-3,5,11,14H,4,6-10H2,(H,16,17). The third-order valence-corrected chi connectivity index (χ3v) is 3.90. The number of hydrogen-bond acceptors (Lipinski definition) is 4. The molecule has 1 aromatic heterocycles. The van der Waals surface area contributed by atoms with Gasteiger partial charge in [-0.3, -0.25) is 9.78 Å². The maximum atomic E-state index is 11.5. The molecule has 98 valence electrons. The Hall–Kier alpha value is -1.07. The average Bonchev–Trinajstić information content (AvgIpc) is 2.34. The molecule has 2 N–H and O–H groups in total. The molecule has 1 aliphatic heterocycles. The monoisotopic (exact) mass is 265 g/mol. The summed E-state index contributed by atoms with van der Waals surface area (Å²) in [6.45, 7) is 2.89. The summed E-state index contributed by atoms with van der Waals surface area (Å²) in [4.78, 5) is 15.8. The first-order valence-electron chi connectivity index (χ1n) is 6.29. The van der Waals surface area contributed by atoms with Gasteiger partial charge in [0.05, 0.1) is 5.69 Å². The molecule has 1 saturated heterocycles. The molecule has 0 atom stereocenters. The summed E-state index contributed by atoms with van der Waals surface area (Å²) in [5.74, 6) is 2.52. The van der Waals surface area contributed by atoms with Crippen molar-refractivity contribution < 1.29 is 4.79 Å². The van der Waals surface area contributed by atoms with Crippen LogP contribution in [0.4, 0.5) is 0 Å². The second-order valence-corrected chi connectivity index (χ2v) is 5.56. The molecule has 1 aromatic rings. The minimum Gasteiger partial charge on any atom is -0.356 e. The number of nitrogens with one attached hydrogen (secondary N) is 2. The van der Waals surface area contributed by atoms with Gasteiger partial charge >= 0.3 is 0 Å². The van der Waals surface area contributed by atoms with Crippen LogP contribution in [-0.2, 0) is 10.5 Å². The molecule has 0 bridgehead atoms. The van der Waals surface area contributed by atoms with Gasteiger partial charge in [0, 0.05) is 49.7 Å². The van der Waals surface area contributed by atoms with E-state index in [1.165, 1.54) is 0 Å². The molecular weight excluding hydrogens is 246 g/mol. The number of aromatic nitrogens is 1. The highest BCUT2D eigenvalue weighted by Crippen LogP contribution is 2.10. The second kappa shape index (κ2) is 7.38. The number of carbonyl (C=O) groups is 1. The molecule has 0 saturated carbocycles. The lowest BCUT2D eigenvalue weighted by atomic mass is 10.0. The van der Waals surface area contributed by atoms with Crippen LogP contribution in [-0.4, -0.2) is 36.3 Å². The smallest absolute Gasteiger partial charge is 0.220 e. The number of pyridine rings is 1. The predicted molar refractivity (Wildman–Crippen MR) is 74.4 cm³/mol. The number of hydrogen-bond donors (Lipinski definition) is 2. The lowest BCUT2D eigenvalue weighted by Gasteiger charge is -2.27. The van der Waals surface area contributed by atoms with Crippen molar-refractivity contribution in [2.24, 2.45) is 5.92 Å². The molecule has 4 nitrogen and oxygen atoms in total. The van der Waals surface area contributed by atoms with Crippen LogP contribution in [0.3, 0.4) is 0 Å². The minimum atomic E-state index is 0.162. The molecule has 0 aromatic carbocycles. The van der Waals surface area contributed by atoms with E-state index in [4.69, 9.17) is 0 Å². The third-order valence-electron chi connectivity index (χ3n) is 2.90. The van der Waals surface area contributed by atoms with Crippen molar-refractivity contribution in [3.63, 3.8) is 0 Å². The summed E-state index contributed by atoms with van der Waals surface area (Å²) in [6.07, 6.45) is 2.40. The summed E-state index contributed by atoms with van der Waals surface area (Å²) in [5.41, 5.74) is 1.07. The zero-order valence-corrected chi connectivity index (χ0v) is 11.2. The van der Waals surface area contributed by atoms with Crippen molar-refractivity contribution in [3.05, 3.63) is 30.1 Å². The zero-order chi connectivity index (χ0) is 12.6. The molecule has 18 heavy (non-hydrogen) atoms. The van der Waals surface area contributed by atoms with Crippen molar-refractivity contribution >= 4 is 17.7 Å². The predicted octanol–water partition coefficient (Wildman–Crippen LogP) is 1.04. The Morgan fingerprint density at radius 2 is 2.39 bits per heavy atom. The van der Waals surface area contributed by atoms with Crippen LogP contribution in [0.5, 0.6) is 0 Å². The van der Waals surface area contributed by atoms with E-state index in [0.717, 1.165) is 36.8 Å². The van der Waals surface area contributed by atoms with Gasteiger partial charge in [-0.25, -0.2) is 0 Å². The van der Waals surface area contributed by atoms with Crippen LogP contribution >= 0.6 is 11.8 Å². The van der Waals surface area contributed by atoms with E-state index < -0.39 is 0 Å². The van der Waals surface area contributed by atoms with Crippen molar-refractivity contribution in [2.75, 3.05) is 25.4 Å². The van der Waals surface area contributed by atoms with Crippen LogP contribution in [0.2, 0.25) is 0 Å². The van der Waals surface area contributed by atoms with Crippen LogP contribution < -0.4 is 10.6 Å². The molecule has 1 amide bonds. The zero-order valence-electron chi connectivity index (χ0n) is 10.4. The first-order valence-corrected chi connectivity index (χ1v) is 7.45. The first kappa shape index (κ1) is 13.4. The van der Waals surface area contributed by atoms with E-state index in [1.54, 1.807) is 18.0 Å². The van der Waals surface area contributed by atoms with Gasteiger partial charge in [0.25, 0.3) is 0 Å². The Balaban J connectivity index is 1.50. The summed E-state index contributed by atoms with van der Waals surface area (Å²) in [5, 5.41) is 6.17. The minimum absolute atomic E-state index is 0.162. The van der Waals surface area contributed by atoms with E-state index in [1.807, 2.05) is 18.2 Å². The van der Waals surface area contributed by atoms with E-state index in [2.05, 4.69) is 15.6 Å². The van der Waals surface area contributed by atoms with Gasteiger partial charge in [-0.2, -0.15) is 11.8 Å². The van der Waals surface area contributed by atoms with Gasteiger partial charge < -0.3 is 10.6 Å². The summed E-state index contributed by atoms with van der Waals surface area (Å²) in [6, 6.07) is 5.91. The van der Waals surface area contributed by atoms with E-state index in [9.17, 15) is 4.79 Å². The maximum Gasteiger partial charge on any atom is 0.220 e. The van der Waals surface area contributed by atoms with Crippen molar-refractivity contribution in [2.45, 2.75) is 12.2 Å². The Bertz CT molecular complexity index is 368. The molecule has 0 spiro atoms. The topological polar surface area (TPSA) is 54.0 Å². The van der Waals surface area contributed by atoms with Crippen LogP contribution in [0.15, 0.2) is 24.4 Å². The first-order chi connectivity index (χ1) is 8.84. The average molecular weight is 265 g/mol. The van der Waals surface area contributed by atoms with Gasteiger partial charge in [-0.05, 0) is 12.1 Å². The maximum absolute atomic E-state index is 11.5. The number of rotatable bonds is 7. The quantitative estimate of drug-likeness (QED) is 0.723. The molecule has 1 aliphatic rings. The van der Waals surface area contributed by atoms with E-state index in [-0.39, 0.29) is 5.91 Å². The number of nitrogens with zero attached hydrogens (tertiary/aromatic N) is 1. The third kappa shape index (κ3) is 4.66. The van der Waals surface area contributed by atoms with Crippen molar-refractivity contribution in [1.29, 1.82) is 0 Å². The van der Waals surface area contributed by atoms with Gasteiger partial charge in [0.2, 0.25) is 5.91 Å². The van der Waals surface area contributed by atoms with Gasteiger partial charge in [0.1, 0.15) is 0 Å². The Morgan fingerprint density at radius 1 is 1.50 bits per heavy atom. The lowest BCUT2D eigenvalue weighted by molar-refractivity contribution is -0.120. The fraction of sp³-hybridized carbons (Fsp3) is 0.538. The molecule has 5 heteroatoms. The summed E-state index contributed by atoms with van der Waals surface area (Å²) in [7, 11) is 0. The number of carbonyl (C=O) groups excluding carboxylic acids is 1. The number of thioether (sulfide) groups is 1. The highest BCUT2D eigenvalue weighted by molar-refractivity contribution is 7.98. The van der Waals surface area contributed by atoms with Gasteiger partial charge in [0.15, 0.2) is 0 Å². The van der Waals surface area contributed by atoms with E-state index >= 15 is 0 Å². The Labute approximate surface area is 112 Å². The van der Waals surface area contributed by atoms with Crippen LogP contribution in [0, 0.1) is 5.92 Å². The summed E-state index contributed by atoms with van der Waals surface area (Å²) >= 11 is 1.75. The van der Waals surface area contributed by atoms with E-state index in [0.29, 0.717) is 12.3 Å². The van der Waals surface area contributed by atoms with Gasteiger partial charge in [-0.15, -0.1) is 0 Å². The molecule has 0 unspecified atom stereocenters. The number of amides is 1. The Kier molecular flexibility index (Phi) is 5.48. The fourth-order valence-corrected chi connectivity index (χ4v) is 2.52. The molecule has 1 fully saturated rings. The van der Waals surface area contributed by atoms with Crippen LogP contribution in [0.25, 0.3) is 0 Å². The fourth-order valence-electron chi connectivity index (χ4n) is 1.66. The summed E-state index contributed by atoms with van der Waals surface area (Å²) < 4.78 is 0. The second-order valence-electron chi connectivity index (χ2n) is 4.45. The molecule has 0 radical (unpaired) electrons. The largest absolute Gasteiger partial charge is 0.356 e. The molecular formula is C13H19N3OS. The normalized spacial score (nSPS) is 15.1. The SMILES string of the molecule is O=C(CCSCc1ccccn1)NCC1CNC1. The van der Waals surface area contributed by atoms with Crippen LogP contribution in [0.1, 0.15) is 12.1 Å². The lowest BCUT2D eigenvalue weighted by Crippen LogP contribution is -2.48. The van der Waals surface area contributed by atoms with Gasteiger partial charge in [-0.1, -0.05) is 6.07 Å². The highest BCUT2D eigenvalue weighted by Gasteiger charge is 2.16. The van der Waals surface area contributed by atoms with Crippen molar-refractivity contribution in [3.8, 4) is 0 Å². The molecule has 2 heterocycles. The molecule has 2 rings (SSSR count). The highest BCUT2D eigenvalue weighted by atomic mass is 32.2. The Morgan fingerprint density at radius 3 is 3.06 bits per heavy atom.